The number of hydrogen-bond donors (Lipinski definition) is 1. The van der Waals surface area contributed by atoms with Crippen molar-refractivity contribution in [3.63, 3.8) is 0 Å². The van der Waals surface area contributed by atoms with Gasteiger partial charge in [0.05, 0.1) is 6.20 Å². The van der Waals surface area contributed by atoms with Crippen LogP contribution < -0.4 is 4.74 Å². The number of nitrogens with one attached hydrogen (secondary N) is 1. The van der Waals surface area contributed by atoms with Gasteiger partial charge in [-0.1, -0.05) is 0 Å². The first kappa shape index (κ1) is 11.5. The highest BCUT2D eigenvalue weighted by Gasteiger charge is 2.09. The molecule has 0 unspecified atom stereocenters. The number of benzene rings is 1. The number of nitrogens with zero attached hydrogens (tertiary/aromatic N) is 1. The zero-order chi connectivity index (χ0) is 12.3. The lowest BCUT2D eigenvalue weighted by atomic mass is 10.1. The first-order valence-electron chi connectivity index (χ1n) is 4.86. The van der Waals surface area contributed by atoms with E-state index in [0.29, 0.717) is 5.56 Å². The summed E-state index contributed by atoms with van der Waals surface area (Å²) in [5, 5.41) is 6.24. The van der Waals surface area contributed by atoms with Gasteiger partial charge in [-0.25, -0.2) is 13.2 Å². The normalized spacial score (nSPS) is 10.8. The van der Waals surface area contributed by atoms with E-state index < -0.39 is 18.8 Å². The Bertz CT molecular complexity index is 485. The van der Waals surface area contributed by atoms with Crippen molar-refractivity contribution in [3.8, 4) is 16.9 Å². The molecule has 0 spiro atoms. The molecule has 0 bridgehead atoms. The van der Waals surface area contributed by atoms with E-state index in [1.807, 2.05) is 0 Å². The van der Waals surface area contributed by atoms with Gasteiger partial charge < -0.3 is 4.74 Å². The molecular formula is C11H9F3N2O. The summed E-state index contributed by atoms with van der Waals surface area (Å²) < 4.78 is 42.2. The van der Waals surface area contributed by atoms with Crippen LogP contribution in [0.1, 0.15) is 0 Å². The van der Waals surface area contributed by atoms with Crippen LogP contribution in [0.2, 0.25) is 0 Å². The van der Waals surface area contributed by atoms with Crippen LogP contribution in [0.4, 0.5) is 13.2 Å². The molecule has 0 aliphatic rings. The molecule has 0 fully saturated rings. The molecule has 90 valence electrons. The van der Waals surface area contributed by atoms with Crippen LogP contribution in [0.15, 0.2) is 30.6 Å². The van der Waals surface area contributed by atoms with E-state index >= 15 is 0 Å². The van der Waals surface area contributed by atoms with Crippen molar-refractivity contribution in [2.24, 2.45) is 0 Å². The molecule has 2 rings (SSSR count). The second-order valence-corrected chi connectivity index (χ2v) is 3.33. The van der Waals surface area contributed by atoms with Gasteiger partial charge in [0.1, 0.15) is 18.2 Å². The molecule has 0 saturated carbocycles. The molecule has 0 aliphatic carbocycles. The Morgan fingerprint density at radius 2 is 2.18 bits per heavy atom. The molecule has 0 aliphatic heterocycles. The minimum absolute atomic E-state index is 0.197. The number of rotatable bonds is 4. The third-order valence-corrected chi connectivity index (χ3v) is 2.12. The van der Waals surface area contributed by atoms with Crippen molar-refractivity contribution in [3.05, 3.63) is 36.4 Å². The zero-order valence-corrected chi connectivity index (χ0v) is 8.66. The quantitative estimate of drug-likeness (QED) is 0.895. The smallest absolute Gasteiger partial charge is 0.272 e. The maximum atomic E-state index is 13.5. The summed E-state index contributed by atoms with van der Waals surface area (Å²) in [7, 11) is 0. The molecule has 1 aromatic carbocycles. The molecule has 1 N–H and O–H groups in total. The van der Waals surface area contributed by atoms with E-state index in [-0.39, 0.29) is 11.3 Å². The molecule has 0 atom stereocenters. The van der Waals surface area contributed by atoms with E-state index in [1.165, 1.54) is 30.6 Å². The molecular weight excluding hydrogens is 233 g/mol. The fourth-order valence-corrected chi connectivity index (χ4v) is 1.37. The van der Waals surface area contributed by atoms with Gasteiger partial charge in [-0.15, -0.1) is 0 Å². The lowest BCUT2D eigenvalue weighted by Crippen LogP contribution is -2.07. The molecule has 3 nitrogen and oxygen atoms in total. The van der Waals surface area contributed by atoms with Crippen LogP contribution in [0, 0.1) is 5.82 Å². The van der Waals surface area contributed by atoms with E-state index in [1.54, 1.807) is 0 Å². The van der Waals surface area contributed by atoms with E-state index in [9.17, 15) is 13.2 Å². The second kappa shape index (κ2) is 4.90. The largest absolute Gasteiger partial charge is 0.488 e. The third-order valence-electron chi connectivity index (χ3n) is 2.12. The van der Waals surface area contributed by atoms with Gasteiger partial charge in [0.2, 0.25) is 0 Å². The predicted molar refractivity (Wildman–Crippen MR) is 55.5 cm³/mol. The first-order chi connectivity index (χ1) is 8.16. The van der Waals surface area contributed by atoms with Gasteiger partial charge in [-0.2, -0.15) is 5.10 Å². The average molecular weight is 242 g/mol. The number of halogens is 3. The van der Waals surface area contributed by atoms with Crippen LogP contribution >= 0.6 is 0 Å². The molecule has 0 amide bonds. The van der Waals surface area contributed by atoms with Gasteiger partial charge in [0.15, 0.2) is 0 Å². The van der Waals surface area contributed by atoms with Crippen LogP contribution in [-0.2, 0) is 0 Å². The second-order valence-electron chi connectivity index (χ2n) is 3.33. The Kier molecular flexibility index (Phi) is 3.32. The fraction of sp³-hybridized carbons (Fsp3) is 0.182. The highest BCUT2D eigenvalue weighted by molar-refractivity contribution is 5.64. The SMILES string of the molecule is Fc1ccc(OCC(F)F)cc1-c1cn[nH]c1. The van der Waals surface area contributed by atoms with Crippen LogP contribution in [0.3, 0.4) is 0 Å². The summed E-state index contributed by atoms with van der Waals surface area (Å²) in [6, 6.07) is 3.84. The topological polar surface area (TPSA) is 37.9 Å². The number of aromatic nitrogens is 2. The number of aromatic amines is 1. The minimum atomic E-state index is -2.56. The fourth-order valence-electron chi connectivity index (χ4n) is 1.37. The summed E-state index contributed by atoms with van der Waals surface area (Å²) in [6.07, 6.45) is 0.391. The standard InChI is InChI=1S/C11H9F3N2O/c12-10-2-1-8(17-6-11(13)14)3-9(10)7-4-15-16-5-7/h1-5,11H,6H2,(H,15,16). The Labute approximate surface area is 95.2 Å². The van der Waals surface area contributed by atoms with Crippen molar-refractivity contribution < 1.29 is 17.9 Å². The first-order valence-corrected chi connectivity index (χ1v) is 4.86. The summed E-state index contributed by atoms with van der Waals surface area (Å²) in [5.74, 6) is -0.265. The molecule has 0 saturated heterocycles. The van der Waals surface area contributed by atoms with Crippen LogP contribution in [-0.4, -0.2) is 23.2 Å². The highest BCUT2D eigenvalue weighted by Crippen LogP contribution is 2.26. The Hall–Kier alpha value is -1.98. The van der Waals surface area contributed by atoms with Gasteiger partial charge in [-0.05, 0) is 18.2 Å². The average Bonchev–Trinajstić information content (AvgIpc) is 2.81. The monoisotopic (exact) mass is 242 g/mol. The number of H-pyrrole nitrogens is 1. The van der Waals surface area contributed by atoms with Crippen molar-refractivity contribution >= 4 is 0 Å². The molecule has 1 aromatic heterocycles. The van der Waals surface area contributed by atoms with Gasteiger partial charge in [0, 0.05) is 17.3 Å². The Morgan fingerprint density at radius 1 is 1.35 bits per heavy atom. The van der Waals surface area contributed by atoms with Crippen molar-refractivity contribution in [2.75, 3.05) is 6.61 Å². The highest BCUT2D eigenvalue weighted by atomic mass is 19.3. The predicted octanol–water partition coefficient (Wildman–Crippen LogP) is 2.86. The van der Waals surface area contributed by atoms with E-state index in [2.05, 4.69) is 10.2 Å². The lowest BCUT2D eigenvalue weighted by molar-refractivity contribution is 0.0819. The molecule has 17 heavy (non-hydrogen) atoms. The minimum Gasteiger partial charge on any atom is -0.488 e. The van der Waals surface area contributed by atoms with Gasteiger partial charge in [-0.3, -0.25) is 5.10 Å². The lowest BCUT2D eigenvalue weighted by Gasteiger charge is -2.07. The summed E-state index contributed by atoms with van der Waals surface area (Å²) >= 11 is 0. The summed E-state index contributed by atoms with van der Waals surface area (Å²) in [5.41, 5.74) is 0.788. The van der Waals surface area contributed by atoms with Crippen molar-refractivity contribution in [1.82, 2.24) is 10.2 Å². The summed E-state index contributed by atoms with van der Waals surface area (Å²) in [4.78, 5) is 0. The van der Waals surface area contributed by atoms with Gasteiger partial charge >= 0.3 is 0 Å². The number of hydrogen-bond acceptors (Lipinski definition) is 2. The van der Waals surface area contributed by atoms with Crippen molar-refractivity contribution in [1.29, 1.82) is 0 Å². The number of ether oxygens (including phenoxy) is 1. The Morgan fingerprint density at radius 3 is 2.82 bits per heavy atom. The molecule has 1 heterocycles. The van der Waals surface area contributed by atoms with Crippen molar-refractivity contribution in [2.45, 2.75) is 6.43 Å². The number of alkyl halides is 2. The summed E-state index contributed by atoms with van der Waals surface area (Å²) in [6.45, 7) is -0.712. The molecule has 0 radical (unpaired) electrons. The third kappa shape index (κ3) is 2.77. The zero-order valence-electron chi connectivity index (χ0n) is 8.66. The maximum Gasteiger partial charge on any atom is 0.272 e. The maximum absolute atomic E-state index is 13.5. The molecule has 2 aromatic rings. The molecule has 6 heteroatoms. The van der Waals surface area contributed by atoms with E-state index in [0.717, 1.165) is 0 Å². The van der Waals surface area contributed by atoms with Crippen LogP contribution in [0.5, 0.6) is 5.75 Å². The van der Waals surface area contributed by atoms with E-state index in [4.69, 9.17) is 4.74 Å². The van der Waals surface area contributed by atoms with Gasteiger partial charge in [0.25, 0.3) is 6.43 Å². The Balaban J connectivity index is 2.24. The van der Waals surface area contributed by atoms with Crippen LogP contribution in [0.25, 0.3) is 11.1 Å².